The Morgan fingerprint density at radius 2 is 2.06 bits per heavy atom. The fraction of sp³-hybridized carbons (Fsp3) is 0.636. The van der Waals surface area contributed by atoms with E-state index < -0.39 is 0 Å². The monoisotopic (exact) mass is 221 g/mol. The lowest BCUT2D eigenvalue weighted by Gasteiger charge is -2.14. The van der Waals surface area contributed by atoms with Gasteiger partial charge in [0.25, 0.3) is 0 Å². The first kappa shape index (κ1) is 11.1. The Morgan fingerprint density at radius 3 is 2.69 bits per heavy atom. The molecule has 88 valence electrons. The summed E-state index contributed by atoms with van der Waals surface area (Å²) in [7, 11) is 0. The molecule has 1 aliphatic rings. The highest BCUT2D eigenvalue weighted by atomic mass is 15.3. The van der Waals surface area contributed by atoms with E-state index in [2.05, 4.69) is 27.6 Å². The Kier molecular flexibility index (Phi) is 3.24. The molecular formula is C11H19N5. The largest absolute Gasteiger partial charge is 0.367 e. The zero-order valence-electron chi connectivity index (χ0n) is 9.83. The number of anilines is 2. The fourth-order valence-corrected chi connectivity index (χ4v) is 2.26. The molecule has 5 nitrogen and oxygen atoms in total. The second kappa shape index (κ2) is 4.65. The lowest BCUT2D eigenvalue weighted by Crippen LogP contribution is -2.18. The number of aryl methyl sites for hydroxylation is 1. The van der Waals surface area contributed by atoms with Crippen LogP contribution in [0.3, 0.4) is 0 Å². The van der Waals surface area contributed by atoms with Crippen LogP contribution >= 0.6 is 0 Å². The molecule has 2 unspecified atom stereocenters. The number of nitrogen functional groups attached to an aromatic ring is 1. The van der Waals surface area contributed by atoms with E-state index in [1.165, 1.54) is 19.3 Å². The zero-order chi connectivity index (χ0) is 11.5. The molecule has 0 saturated heterocycles. The van der Waals surface area contributed by atoms with Crippen LogP contribution in [0.1, 0.15) is 32.0 Å². The molecule has 2 atom stereocenters. The van der Waals surface area contributed by atoms with Gasteiger partial charge < -0.3 is 10.7 Å². The summed E-state index contributed by atoms with van der Waals surface area (Å²) >= 11 is 0. The standard InChI is InChI=1S/C11H19N5/c1-7-3-4-9(5-7)15-10-6-11(16-12)14-8(2)13-10/h6-7,9H,3-5,12H2,1-2H3,(H2,13,14,15,16). The van der Waals surface area contributed by atoms with Gasteiger partial charge in [-0.2, -0.15) is 0 Å². The average molecular weight is 221 g/mol. The van der Waals surface area contributed by atoms with Crippen molar-refractivity contribution in [1.29, 1.82) is 0 Å². The molecule has 0 aromatic carbocycles. The molecule has 1 aliphatic carbocycles. The van der Waals surface area contributed by atoms with E-state index >= 15 is 0 Å². The first-order chi connectivity index (χ1) is 7.67. The van der Waals surface area contributed by atoms with Gasteiger partial charge in [0.15, 0.2) is 0 Å². The van der Waals surface area contributed by atoms with Crippen LogP contribution in [0, 0.1) is 12.8 Å². The topological polar surface area (TPSA) is 75.9 Å². The molecule has 1 fully saturated rings. The fourth-order valence-electron chi connectivity index (χ4n) is 2.26. The maximum atomic E-state index is 5.35. The molecule has 1 heterocycles. The van der Waals surface area contributed by atoms with Crippen LogP contribution in [0.4, 0.5) is 11.6 Å². The van der Waals surface area contributed by atoms with Crippen LogP contribution in [-0.4, -0.2) is 16.0 Å². The minimum absolute atomic E-state index is 0.537. The number of nitrogens with two attached hydrogens (primary N) is 1. The minimum atomic E-state index is 0.537. The lowest BCUT2D eigenvalue weighted by atomic mass is 10.1. The second-order valence-electron chi connectivity index (χ2n) is 4.59. The van der Waals surface area contributed by atoms with Crippen molar-refractivity contribution in [2.24, 2.45) is 11.8 Å². The molecule has 0 bridgehead atoms. The maximum absolute atomic E-state index is 5.35. The molecule has 5 heteroatoms. The van der Waals surface area contributed by atoms with Crippen molar-refractivity contribution in [3.63, 3.8) is 0 Å². The van der Waals surface area contributed by atoms with Gasteiger partial charge in [-0.3, -0.25) is 0 Å². The third kappa shape index (κ3) is 2.61. The molecule has 1 aromatic heterocycles. The number of rotatable bonds is 3. The molecule has 1 saturated carbocycles. The van der Waals surface area contributed by atoms with Gasteiger partial charge in [-0.25, -0.2) is 15.8 Å². The maximum Gasteiger partial charge on any atom is 0.145 e. The molecule has 16 heavy (non-hydrogen) atoms. The van der Waals surface area contributed by atoms with E-state index in [-0.39, 0.29) is 0 Å². The van der Waals surface area contributed by atoms with Gasteiger partial charge in [0.05, 0.1) is 0 Å². The van der Waals surface area contributed by atoms with Gasteiger partial charge in [-0.05, 0) is 32.1 Å². The van der Waals surface area contributed by atoms with E-state index in [1.807, 2.05) is 13.0 Å². The molecule has 1 aromatic rings. The second-order valence-corrected chi connectivity index (χ2v) is 4.59. The van der Waals surface area contributed by atoms with Gasteiger partial charge in [0.2, 0.25) is 0 Å². The van der Waals surface area contributed by atoms with Crippen LogP contribution in [0.2, 0.25) is 0 Å². The van der Waals surface area contributed by atoms with Crippen molar-refractivity contribution >= 4 is 11.6 Å². The molecule has 0 radical (unpaired) electrons. The number of nitrogens with one attached hydrogen (secondary N) is 2. The van der Waals surface area contributed by atoms with E-state index in [1.54, 1.807) is 0 Å². The predicted octanol–water partition coefficient (Wildman–Crippen LogP) is 1.67. The first-order valence-corrected chi connectivity index (χ1v) is 5.76. The predicted molar refractivity (Wildman–Crippen MR) is 65.0 cm³/mol. The summed E-state index contributed by atoms with van der Waals surface area (Å²) in [6, 6.07) is 2.38. The summed E-state index contributed by atoms with van der Waals surface area (Å²) in [4.78, 5) is 8.51. The van der Waals surface area contributed by atoms with Crippen LogP contribution < -0.4 is 16.6 Å². The van der Waals surface area contributed by atoms with Crippen LogP contribution in [0.5, 0.6) is 0 Å². The number of nitrogens with zero attached hydrogens (tertiary/aromatic N) is 2. The highest BCUT2D eigenvalue weighted by molar-refractivity contribution is 5.47. The number of hydrogen-bond acceptors (Lipinski definition) is 5. The summed E-state index contributed by atoms with van der Waals surface area (Å²) in [5.41, 5.74) is 2.55. The Morgan fingerprint density at radius 1 is 1.31 bits per heavy atom. The van der Waals surface area contributed by atoms with Crippen molar-refractivity contribution in [3.05, 3.63) is 11.9 Å². The summed E-state index contributed by atoms with van der Waals surface area (Å²) in [5, 5.41) is 3.44. The van der Waals surface area contributed by atoms with Gasteiger partial charge in [-0.15, -0.1) is 0 Å². The van der Waals surface area contributed by atoms with Crippen molar-refractivity contribution in [3.8, 4) is 0 Å². The van der Waals surface area contributed by atoms with E-state index in [0.717, 1.165) is 17.6 Å². The summed E-state index contributed by atoms with van der Waals surface area (Å²) in [5.74, 6) is 8.40. The Balaban J connectivity index is 2.06. The lowest BCUT2D eigenvalue weighted by molar-refractivity contribution is 0.602. The smallest absolute Gasteiger partial charge is 0.145 e. The number of hydrazine groups is 1. The Bertz CT molecular complexity index is 365. The molecule has 0 amide bonds. The minimum Gasteiger partial charge on any atom is -0.367 e. The van der Waals surface area contributed by atoms with Crippen LogP contribution in [-0.2, 0) is 0 Å². The molecule has 4 N–H and O–H groups in total. The van der Waals surface area contributed by atoms with Gasteiger partial charge in [0.1, 0.15) is 17.5 Å². The summed E-state index contributed by atoms with van der Waals surface area (Å²) in [6.45, 7) is 4.16. The highest BCUT2D eigenvalue weighted by Crippen LogP contribution is 2.27. The number of hydrogen-bond donors (Lipinski definition) is 3. The Hall–Kier alpha value is -1.36. The van der Waals surface area contributed by atoms with Gasteiger partial charge >= 0.3 is 0 Å². The highest BCUT2D eigenvalue weighted by Gasteiger charge is 2.21. The number of aromatic nitrogens is 2. The third-order valence-electron chi connectivity index (χ3n) is 3.03. The normalized spacial score (nSPS) is 24.4. The van der Waals surface area contributed by atoms with E-state index in [4.69, 9.17) is 5.84 Å². The molecule has 2 rings (SSSR count). The van der Waals surface area contributed by atoms with Gasteiger partial charge in [0, 0.05) is 12.1 Å². The van der Waals surface area contributed by atoms with Crippen LogP contribution in [0.25, 0.3) is 0 Å². The molecular weight excluding hydrogens is 202 g/mol. The zero-order valence-corrected chi connectivity index (χ0v) is 9.83. The van der Waals surface area contributed by atoms with Crippen molar-refractivity contribution < 1.29 is 0 Å². The van der Waals surface area contributed by atoms with Crippen molar-refractivity contribution in [2.75, 3.05) is 10.7 Å². The van der Waals surface area contributed by atoms with Crippen LogP contribution in [0.15, 0.2) is 6.07 Å². The van der Waals surface area contributed by atoms with Crippen molar-refractivity contribution in [1.82, 2.24) is 9.97 Å². The molecule has 0 spiro atoms. The quantitative estimate of drug-likeness (QED) is 0.534. The third-order valence-corrected chi connectivity index (χ3v) is 3.03. The van der Waals surface area contributed by atoms with Crippen molar-refractivity contribution in [2.45, 2.75) is 39.2 Å². The summed E-state index contributed by atoms with van der Waals surface area (Å²) < 4.78 is 0. The summed E-state index contributed by atoms with van der Waals surface area (Å²) in [6.07, 6.45) is 3.73. The average Bonchev–Trinajstić information content (AvgIpc) is 2.63. The Labute approximate surface area is 95.8 Å². The van der Waals surface area contributed by atoms with Gasteiger partial charge in [-0.1, -0.05) is 6.92 Å². The molecule has 0 aliphatic heterocycles. The van der Waals surface area contributed by atoms with E-state index in [9.17, 15) is 0 Å². The van der Waals surface area contributed by atoms with E-state index in [0.29, 0.717) is 11.9 Å². The first-order valence-electron chi connectivity index (χ1n) is 5.76. The SMILES string of the molecule is Cc1nc(NN)cc(NC2CCC(C)C2)n1.